The number of hydrogen-bond donors (Lipinski definition) is 1. The van der Waals surface area contributed by atoms with Crippen LogP contribution in [0.4, 0.5) is 4.79 Å². The van der Waals surface area contributed by atoms with Gasteiger partial charge in [0.25, 0.3) is 0 Å². The Morgan fingerprint density at radius 2 is 1.28 bits per heavy atom. The van der Waals surface area contributed by atoms with E-state index in [0.717, 1.165) is 22.3 Å². The molecule has 2 aromatic rings. The molecular weight excluding hydrogens is 534 g/mol. The molecule has 0 saturated carbocycles. The Morgan fingerprint density at radius 1 is 0.795 bits per heavy atom. The number of carbonyl (C=O) groups excluding carboxylic acids is 3. The summed E-state index contributed by atoms with van der Waals surface area (Å²) in [6.07, 6.45) is -0.680. The Balaban J connectivity index is 1.58. The smallest absolute Gasteiger partial charge is 0.407 e. The molecule has 0 saturated heterocycles. The lowest BCUT2D eigenvalue weighted by Gasteiger charge is -2.24. The van der Waals surface area contributed by atoms with Gasteiger partial charge in [0.05, 0.1) is 5.92 Å². The molecule has 212 valence electrons. The normalized spacial score (nSPS) is 14.5. The fraction of sp³-hybridized carbons (Fsp3) is 0.500. The minimum atomic E-state index is -0.908. The SMILES string of the molecule is C[C@@H](CSSC[C@H](NC(=O)OCC1c2ccccc2-c2ccccc21)C(=O)OC(C)(C)C)C(=O)OC(C)(C)C. The Labute approximate surface area is 239 Å². The van der Waals surface area contributed by atoms with Crippen LogP contribution in [-0.4, -0.2) is 53.4 Å². The Kier molecular flexibility index (Phi) is 10.4. The largest absolute Gasteiger partial charge is 0.460 e. The van der Waals surface area contributed by atoms with Gasteiger partial charge in [-0.05, 0) is 63.8 Å². The maximum absolute atomic E-state index is 12.9. The zero-order chi connectivity index (χ0) is 28.8. The lowest BCUT2D eigenvalue weighted by molar-refractivity contribution is -0.158. The molecule has 0 fully saturated rings. The highest BCUT2D eigenvalue weighted by Gasteiger charge is 2.31. The van der Waals surface area contributed by atoms with Crippen molar-refractivity contribution >= 4 is 39.6 Å². The predicted octanol–water partition coefficient (Wildman–Crippen LogP) is 6.59. The van der Waals surface area contributed by atoms with Crippen LogP contribution in [0.3, 0.4) is 0 Å². The summed E-state index contributed by atoms with van der Waals surface area (Å²) in [5.41, 5.74) is 3.26. The van der Waals surface area contributed by atoms with Crippen LogP contribution in [0.25, 0.3) is 11.1 Å². The van der Waals surface area contributed by atoms with Crippen molar-refractivity contribution in [2.24, 2.45) is 5.92 Å². The number of esters is 2. The summed E-state index contributed by atoms with van der Waals surface area (Å²) >= 11 is 0. The first-order valence-corrected chi connectivity index (χ1v) is 15.6. The number of carbonyl (C=O) groups is 3. The molecule has 39 heavy (non-hydrogen) atoms. The Morgan fingerprint density at radius 3 is 1.82 bits per heavy atom. The molecular formula is C30H39NO6S2. The molecule has 0 unspecified atom stereocenters. The van der Waals surface area contributed by atoms with Crippen molar-refractivity contribution in [3.8, 4) is 11.1 Å². The second-order valence-electron chi connectivity index (χ2n) is 11.6. The van der Waals surface area contributed by atoms with Gasteiger partial charge in [0, 0.05) is 17.4 Å². The predicted molar refractivity (Wildman–Crippen MR) is 158 cm³/mol. The van der Waals surface area contributed by atoms with E-state index in [0.29, 0.717) is 5.75 Å². The van der Waals surface area contributed by atoms with Gasteiger partial charge in [-0.3, -0.25) is 4.79 Å². The average molecular weight is 574 g/mol. The number of benzene rings is 2. The van der Waals surface area contributed by atoms with Crippen molar-refractivity contribution in [1.29, 1.82) is 0 Å². The van der Waals surface area contributed by atoms with Crippen molar-refractivity contribution in [2.75, 3.05) is 18.1 Å². The van der Waals surface area contributed by atoms with Crippen molar-refractivity contribution in [3.05, 3.63) is 59.7 Å². The average Bonchev–Trinajstić information content (AvgIpc) is 3.16. The van der Waals surface area contributed by atoms with E-state index in [1.165, 1.54) is 21.6 Å². The molecule has 2 atom stereocenters. The highest BCUT2D eigenvalue weighted by Crippen LogP contribution is 2.44. The summed E-state index contributed by atoms with van der Waals surface area (Å²) < 4.78 is 16.6. The van der Waals surface area contributed by atoms with Crippen LogP contribution in [0.5, 0.6) is 0 Å². The molecule has 0 aromatic heterocycles. The van der Waals surface area contributed by atoms with Crippen LogP contribution < -0.4 is 5.32 Å². The summed E-state index contributed by atoms with van der Waals surface area (Å²) in [4.78, 5) is 38.0. The number of nitrogens with one attached hydrogen (secondary N) is 1. The molecule has 0 bridgehead atoms. The first-order valence-electron chi connectivity index (χ1n) is 13.1. The summed E-state index contributed by atoms with van der Waals surface area (Å²) in [5.74, 6) is -0.435. The lowest BCUT2D eigenvalue weighted by atomic mass is 9.98. The van der Waals surface area contributed by atoms with Crippen LogP contribution >= 0.6 is 21.6 Å². The summed E-state index contributed by atoms with van der Waals surface area (Å²) in [7, 11) is 2.82. The first kappa shape index (κ1) is 30.9. The van der Waals surface area contributed by atoms with Gasteiger partial charge in [0.15, 0.2) is 0 Å². The number of hydrogen-bond acceptors (Lipinski definition) is 8. The van der Waals surface area contributed by atoms with E-state index in [2.05, 4.69) is 29.6 Å². The van der Waals surface area contributed by atoms with Gasteiger partial charge in [0.2, 0.25) is 0 Å². The van der Waals surface area contributed by atoms with Crippen molar-refractivity contribution in [2.45, 2.75) is 71.6 Å². The molecule has 0 radical (unpaired) electrons. The molecule has 1 N–H and O–H groups in total. The summed E-state index contributed by atoms with van der Waals surface area (Å²) in [5, 5.41) is 2.69. The molecule has 7 nitrogen and oxygen atoms in total. The van der Waals surface area contributed by atoms with Crippen LogP contribution in [0, 0.1) is 5.92 Å². The third kappa shape index (κ3) is 9.21. The number of fused-ring (bicyclic) bond motifs is 3. The Hall–Kier alpha value is -2.65. The highest BCUT2D eigenvalue weighted by molar-refractivity contribution is 8.76. The third-order valence-electron chi connectivity index (χ3n) is 5.77. The van der Waals surface area contributed by atoms with Gasteiger partial charge < -0.3 is 19.5 Å². The minimum absolute atomic E-state index is 0.0811. The molecule has 3 rings (SSSR count). The van der Waals surface area contributed by atoms with E-state index < -0.39 is 29.3 Å². The number of ether oxygens (including phenoxy) is 3. The standard InChI is InChI=1S/C30H39NO6S2/c1-19(26(32)36-29(2,3)4)17-38-39-18-25(27(33)37-30(5,6)7)31-28(34)35-16-24-22-14-10-8-12-20(22)21-13-9-11-15-23(21)24/h8-15,19,24-25H,16-18H2,1-7H3,(H,31,34)/t19-,25-/m0/s1. The molecule has 1 aliphatic carbocycles. The topological polar surface area (TPSA) is 90.9 Å². The van der Waals surface area contributed by atoms with Crippen molar-refractivity contribution in [3.63, 3.8) is 0 Å². The van der Waals surface area contributed by atoms with Gasteiger partial charge in [-0.1, -0.05) is 77.0 Å². The zero-order valence-corrected chi connectivity index (χ0v) is 25.4. The molecule has 0 aliphatic heterocycles. The van der Waals surface area contributed by atoms with Crippen LogP contribution in [-0.2, 0) is 23.8 Å². The van der Waals surface area contributed by atoms with Gasteiger partial charge >= 0.3 is 18.0 Å². The molecule has 1 amide bonds. The minimum Gasteiger partial charge on any atom is -0.460 e. The third-order valence-corrected chi connectivity index (χ3v) is 8.36. The van der Waals surface area contributed by atoms with E-state index in [-0.39, 0.29) is 30.2 Å². The van der Waals surface area contributed by atoms with Crippen molar-refractivity contribution in [1.82, 2.24) is 5.32 Å². The Bertz CT molecular complexity index is 1130. The van der Waals surface area contributed by atoms with E-state index in [9.17, 15) is 14.4 Å². The van der Waals surface area contributed by atoms with E-state index >= 15 is 0 Å². The molecule has 1 aliphatic rings. The second kappa shape index (κ2) is 13.1. The number of rotatable bonds is 10. The quantitative estimate of drug-likeness (QED) is 0.147. The highest BCUT2D eigenvalue weighted by atomic mass is 33.1. The van der Waals surface area contributed by atoms with E-state index in [1.54, 1.807) is 20.8 Å². The number of alkyl carbamates (subject to hydrolysis) is 1. The van der Waals surface area contributed by atoms with E-state index in [1.807, 2.05) is 52.0 Å². The summed E-state index contributed by atoms with van der Waals surface area (Å²) in [6, 6.07) is 15.3. The van der Waals surface area contributed by atoms with Crippen LogP contribution in [0.15, 0.2) is 48.5 Å². The first-order chi connectivity index (χ1) is 18.2. The summed E-state index contributed by atoms with van der Waals surface area (Å²) in [6.45, 7) is 12.8. The maximum Gasteiger partial charge on any atom is 0.407 e. The molecule has 0 spiro atoms. The zero-order valence-electron chi connectivity index (χ0n) is 23.7. The fourth-order valence-electron chi connectivity index (χ4n) is 4.06. The fourth-order valence-corrected chi connectivity index (χ4v) is 6.55. The molecule has 2 aromatic carbocycles. The molecule has 0 heterocycles. The molecule has 9 heteroatoms. The van der Waals surface area contributed by atoms with Crippen LogP contribution in [0.2, 0.25) is 0 Å². The van der Waals surface area contributed by atoms with Crippen molar-refractivity contribution < 1.29 is 28.6 Å². The lowest BCUT2D eigenvalue weighted by Crippen LogP contribution is -2.46. The van der Waals surface area contributed by atoms with Gasteiger partial charge in [-0.2, -0.15) is 0 Å². The monoisotopic (exact) mass is 573 g/mol. The van der Waals surface area contributed by atoms with Crippen LogP contribution in [0.1, 0.15) is 65.5 Å². The van der Waals surface area contributed by atoms with Gasteiger partial charge in [-0.15, -0.1) is 0 Å². The van der Waals surface area contributed by atoms with Gasteiger partial charge in [-0.25, -0.2) is 9.59 Å². The maximum atomic E-state index is 12.9. The second-order valence-corrected chi connectivity index (χ2v) is 14.1. The van der Waals surface area contributed by atoms with E-state index in [4.69, 9.17) is 14.2 Å². The number of amides is 1. The van der Waals surface area contributed by atoms with Gasteiger partial charge in [0.1, 0.15) is 23.9 Å².